The Kier molecular flexibility index (Phi) is 3.89. The Balaban J connectivity index is 4.73. The third-order valence-electron chi connectivity index (χ3n) is 1.71. The minimum Gasteiger partial charge on any atom is -0.383 e. The van der Waals surface area contributed by atoms with Crippen LogP contribution in [0.1, 0.15) is 13.3 Å². The van der Waals surface area contributed by atoms with Crippen LogP contribution in [0, 0.1) is 0 Å². The first kappa shape index (κ1) is 11.6. The molecule has 0 heterocycles. The Hall–Kier alpha value is -0.390. The molecule has 0 aromatic carbocycles. The van der Waals surface area contributed by atoms with Crippen LogP contribution in [0.4, 0.5) is 0 Å². The topological polar surface area (TPSA) is 69.4 Å². The molecule has 0 bridgehead atoms. The van der Waals surface area contributed by atoms with Crippen molar-refractivity contribution in [3.05, 3.63) is 12.7 Å². The van der Waals surface area contributed by atoms with Crippen LogP contribution in [0.15, 0.2) is 12.7 Å². The maximum absolute atomic E-state index is 11.1. The highest BCUT2D eigenvalue weighted by molar-refractivity contribution is 7.90. The van der Waals surface area contributed by atoms with E-state index in [1.165, 1.54) is 20.1 Å². The van der Waals surface area contributed by atoms with Gasteiger partial charge in [-0.15, -0.1) is 6.58 Å². The summed E-state index contributed by atoms with van der Waals surface area (Å²) < 4.78 is 25.9. The van der Waals surface area contributed by atoms with Crippen LogP contribution in [-0.4, -0.2) is 26.9 Å². The van der Waals surface area contributed by atoms with E-state index in [1.54, 1.807) is 0 Å². The molecule has 4 nitrogen and oxygen atoms in total. The first-order chi connectivity index (χ1) is 5.37. The van der Waals surface area contributed by atoms with Gasteiger partial charge in [-0.3, -0.25) is 0 Å². The highest BCUT2D eigenvalue weighted by Crippen LogP contribution is 2.19. The third-order valence-corrected chi connectivity index (χ3v) is 3.37. The van der Waals surface area contributed by atoms with Gasteiger partial charge in [0.2, 0.25) is 10.0 Å². The van der Waals surface area contributed by atoms with E-state index in [4.69, 9.17) is 9.88 Å². The van der Waals surface area contributed by atoms with Crippen LogP contribution in [0.2, 0.25) is 0 Å². The molecule has 0 saturated heterocycles. The molecular formula is C7H15NO3S. The molecule has 0 saturated carbocycles. The Morgan fingerprint density at radius 1 is 1.67 bits per heavy atom. The van der Waals surface area contributed by atoms with Gasteiger partial charge in [0.25, 0.3) is 0 Å². The fourth-order valence-electron chi connectivity index (χ4n) is 0.868. The molecule has 1 atom stereocenters. The summed E-state index contributed by atoms with van der Waals surface area (Å²) >= 11 is 0. The first-order valence-corrected chi connectivity index (χ1v) is 5.04. The lowest BCUT2D eigenvalue weighted by Crippen LogP contribution is -2.44. The van der Waals surface area contributed by atoms with Gasteiger partial charge in [-0.1, -0.05) is 6.08 Å². The smallest absolute Gasteiger partial charge is 0.217 e. The molecule has 0 radical (unpaired) electrons. The fraction of sp³-hybridized carbons (Fsp3) is 0.714. The number of sulfonamides is 1. The number of rotatable bonds is 5. The normalized spacial score (nSPS) is 16.9. The molecule has 12 heavy (non-hydrogen) atoms. The van der Waals surface area contributed by atoms with Crippen molar-refractivity contribution in [2.75, 3.05) is 13.7 Å². The van der Waals surface area contributed by atoms with Crippen molar-refractivity contribution in [3.8, 4) is 0 Å². The van der Waals surface area contributed by atoms with E-state index in [2.05, 4.69) is 6.58 Å². The van der Waals surface area contributed by atoms with E-state index in [0.29, 0.717) is 6.42 Å². The van der Waals surface area contributed by atoms with Crippen molar-refractivity contribution in [2.45, 2.75) is 18.1 Å². The number of methoxy groups -OCH3 is 1. The van der Waals surface area contributed by atoms with Crippen molar-refractivity contribution in [1.29, 1.82) is 0 Å². The number of allylic oxidation sites excluding steroid dienone is 1. The highest BCUT2D eigenvalue weighted by atomic mass is 32.2. The van der Waals surface area contributed by atoms with E-state index >= 15 is 0 Å². The van der Waals surface area contributed by atoms with Crippen LogP contribution < -0.4 is 5.14 Å². The second kappa shape index (κ2) is 4.02. The monoisotopic (exact) mass is 193 g/mol. The summed E-state index contributed by atoms with van der Waals surface area (Å²) in [4.78, 5) is 0. The van der Waals surface area contributed by atoms with Crippen LogP contribution >= 0.6 is 0 Å². The molecule has 0 rings (SSSR count). The van der Waals surface area contributed by atoms with Gasteiger partial charge in [0.15, 0.2) is 0 Å². The molecule has 0 aromatic heterocycles. The molecule has 2 N–H and O–H groups in total. The van der Waals surface area contributed by atoms with Gasteiger partial charge in [0.05, 0.1) is 6.61 Å². The van der Waals surface area contributed by atoms with E-state index in [1.807, 2.05) is 0 Å². The van der Waals surface area contributed by atoms with Gasteiger partial charge >= 0.3 is 0 Å². The molecule has 1 unspecified atom stereocenters. The van der Waals surface area contributed by atoms with E-state index in [-0.39, 0.29) is 6.61 Å². The van der Waals surface area contributed by atoms with Gasteiger partial charge in [-0.25, -0.2) is 13.6 Å². The summed E-state index contributed by atoms with van der Waals surface area (Å²) in [5.41, 5.74) is 0. The zero-order valence-corrected chi connectivity index (χ0v) is 8.23. The lowest BCUT2D eigenvalue weighted by atomic mass is 10.1. The molecular weight excluding hydrogens is 178 g/mol. The molecule has 0 fully saturated rings. The highest BCUT2D eigenvalue weighted by Gasteiger charge is 2.35. The van der Waals surface area contributed by atoms with Crippen LogP contribution in [0.25, 0.3) is 0 Å². The van der Waals surface area contributed by atoms with Crippen LogP contribution in [0.5, 0.6) is 0 Å². The van der Waals surface area contributed by atoms with Crippen molar-refractivity contribution in [2.24, 2.45) is 5.14 Å². The molecule has 0 aliphatic rings. The molecule has 0 aliphatic heterocycles. The van der Waals surface area contributed by atoms with E-state index in [9.17, 15) is 8.42 Å². The van der Waals surface area contributed by atoms with Crippen LogP contribution in [0.3, 0.4) is 0 Å². The molecule has 0 spiro atoms. The predicted octanol–water partition coefficient (Wildman–Crippen LogP) is 0.256. The minimum absolute atomic E-state index is 0.0812. The Labute approximate surface area is 73.5 Å². The summed E-state index contributed by atoms with van der Waals surface area (Å²) in [5.74, 6) is 0. The maximum atomic E-state index is 11.1. The largest absolute Gasteiger partial charge is 0.383 e. The van der Waals surface area contributed by atoms with Gasteiger partial charge in [-0.05, 0) is 13.3 Å². The van der Waals surface area contributed by atoms with Crippen molar-refractivity contribution in [1.82, 2.24) is 0 Å². The predicted molar refractivity (Wildman–Crippen MR) is 48.2 cm³/mol. The quantitative estimate of drug-likeness (QED) is 0.636. The second-order valence-electron chi connectivity index (χ2n) is 2.92. The average Bonchev–Trinajstić information content (AvgIpc) is 1.86. The molecule has 72 valence electrons. The second-order valence-corrected chi connectivity index (χ2v) is 5.00. The maximum Gasteiger partial charge on any atom is 0.217 e. The van der Waals surface area contributed by atoms with Crippen molar-refractivity contribution >= 4 is 10.0 Å². The molecule has 0 aliphatic carbocycles. The third kappa shape index (κ3) is 2.58. The van der Waals surface area contributed by atoms with Crippen molar-refractivity contribution < 1.29 is 13.2 Å². The van der Waals surface area contributed by atoms with Gasteiger partial charge in [-0.2, -0.15) is 0 Å². The number of ether oxygens (including phenoxy) is 1. The standard InChI is InChI=1S/C7H15NO3S/c1-4-5-7(2,6-11-3)12(8,9)10/h4H,1,5-6H2,2-3H3,(H2,8,9,10). The number of hydrogen-bond acceptors (Lipinski definition) is 3. The summed E-state index contributed by atoms with van der Waals surface area (Å²) in [5, 5.41) is 5.03. The summed E-state index contributed by atoms with van der Waals surface area (Å²) in [6.45, 7) is 5.08. The lowest BCUT2D eigenvalue weighted by Gasteiger charge is -2.24. The Morgan fingerprint density at radius 3 is 2.42 bits per heavy atom. The average molecular weight is 193 g/mol. The fourth-order valence-corrected chi connectivity index (χ4v) is 1.50. The number of primary sulfonamides is 1. The summed E-state index contributed by atoms with van der Waals surface area (Å²) in [6, 6.07) is 0. The molecule has 5 heteroatoms. The minimum atomic E-state index is -3.59. The van der Waals surface area contributed by atoms with Gasteiger partial charge in [0.1, 0.15) is 4.75 Å². The number of hydrogen-bond donors (Lipinski definition) is 1. The first-order valence-electron chi connectivity index (χ1n) is 3.49. The van der Waals surface area contributed by atoms with E-state index in [0.717, 1.165) is 0 Å². The molecule has 0 aromatic rings. The SMILES string of the molecule is C=CCC(C)(COC)S(N)(=O)=O. The zero-order valence-electron chi connectivity index (χ0n) is 7.41. The molecule has 0 amide bonds. The van der Waals surface area contributed by atoms with Crippen LogP contribution in [-0.2, 0) is 14.8 Å². The Bertz CT molecular complexity index is 247. The van der Waals surface area contributed by atoms with E-state index < -0.39 is 14.8 Å². The van der Waals surface area contributed by atoms with Gasteiger partial charge in [0, 0.05) is 7.11 Å². The number of nitrogens with two attached hydrogens (primary N) is 1. The summed E-state index contributed by atoms with van der Waals surface area (Å²) in [6.07, 6.45) is 1.81. The zero-order chi connectivity index (χ0) is 9.83. The Morgan fingerprint density at radius 2 is 2.17 bits per heavy atom. The lowest BCUT2D eigenvalue weighted by molar-refractivity contribution is 0.170. The summed E-state index contributed by atoms with van der Waals surface area (Å²) in [7, 11) is -2.15. The van der Waals surface area contributed by atoms with Gasteiger partial charge < -0.3 is 4.74 Å². The van der Waals surface area contributed by atoms with Crippen molar-refractivity contribution in [3.63, 3.8) is 0 Å².